The zero-order chi connectivity index (χ0) is 24.2. The number of rotatable bonds is 5. The highest BCUT2D eigenvalue weighted by Gasteiger charge is 2.42. The van der Waals surface area contributed by atoms with Crippen LogP contribution in [0.25, 0.3) is 0 Å². The van der Waals surface area contributed by atoms with Crippen molar-refractivity contribution >= 4 is 40.8 Å². The topological polar surface area (TPSA) is 117 Å². The molecule has 2 unspecified atom stereocenters. The lowest BCUT2D eigenvalue weighted by Crippen LogP contribution is -2.57. The van der Waals surface area contributed by atoms with Crippen molar-refractivity contribution in [3.8, 4) is 0 Å². The smallest absolute Gasteiger partial charge is 0.321 e. The average Bonchev–Trinajstić information content (AvgIpc) is 2.84. The number of ether oxygens (including phenoxy) is 1. The summed E-state index contributed by atoms with van der Waals surface area (Å²) in [6.07, 6.45) is 0. The highest BCUT2D eigenvalue weighted by Crippen LogP contribution is 2.32. The number of esters is 1. The standard InChI is InChI=1S/C23H24ClN5O5/c1-2-34-22(31)19-20(15-3-7-18(8-4-15)29(32)33)25-23(26-21(19)30)28-13-11-27(12-14-28)17-9-5-16(24)6-10-17/h3-10,19-20H,2,11-14H2,1H3,(H,25,26,30). The number of guanidine groups is 1. The molecule has 2 heterocycles. The lowest BCUT2D eigenvalue weighted by Gasteiger charge is -2.39. The Morgan fingerprint density at radius 3 is 2.32 bits per heavy atom. The minimum atomic E-state index is -1.18. The molecule has 0 saturated carbocycles. The van der Waals surface area contributed by atoms with Gasteiger partial charge in [0.1, 0.15) is 6.04 Å². The molecule has 1 amide bonds. The van der Waals surface area contributed by atoms with Crippen molar-refractivity contribution in [1.82, 2.24) is 10.2 Å². The van der Waals surface area contributed by atoms with E-state index >= 15 is 0 Å². The van der Waals surface area contributed by atoms with E-state index in [0.29, 0.717) is 42.7 Å². The first-order valence-electron chi connectivity index (χ1n) is 10.9. The maximum Gasteiger partial charge on any atom is 0.321 e. The molecule has 34 heavy (non-hydrogen) atoms. The number of benzene rings is 2. The molecule has 0 bridgehead atoms. The van der Waals surface area contributed by atoms with E-state index < -0.39 is 28.8 Å². The first-order chi connectivity index (χ1) is 16.4. The highest BCUT2D eigenvalue weighted by molar-refractivity contribution is 6.30. The van der Waals surface area contributed by atoms with Crippen molar-refractivity contribution < 1.29 is 19.2 Å². The predicted octanol–water partition coefficient (Wildman–Crippen LogP) is 2.78. The van der Waals surface area contributed by atoms with E-state index in [1.807, 2.05) is 29.2 Å². The van der Waals surface area contributed by atoms with Crippen LogP contribution in [0.4, 0.5) is 11.4 Å². The molecule has 2 aromatic rings. The van der Waals surface area contributed by atoms with Crippen LogP contribution in [0.2, 0.25) is 5.02 Å². The van der Waals surface area contributed by atoms with E-state index in [-0.39, 0.29) is 12.3 Å². The second kappa shape index (κ2) is 10.1. The lowest BCUT2D eigenvalue weighted by atomic mass is 9.91. The SMILES string of the molecule is CCOC(=O)C1C(=O)NC(N2CCN(c3ccc(Cl)cc3)CC2)=NC1c1ccc([N+](=O)[O-])cc1. The summed E-state index contributed by atoms with van der Waals surface area (Å²) in [5, 5.41) is 14.5. The summed E-state index contributed by atoms with van der Waals surface area (Å²) in [6, 6.07) is 12.5. The number of piperazine rings is 1. The van der Waals surface area contributed by atoms with Gasteiger partial charge in [-0.1, -0.05) is 23.7 Å². The van der Waals surface area contributed by atoms with Crippen molar-refractivity contribution in [3.63, 3.8) is 0 Å². The third-order valence-electron chi connectivity index (χ3n) is 5.85. The molecule has 0 spiro atoms. The van der Waals surface area contributed by atoms with E-state index in [9.17, 15) is 19.7 Å². The van der Waals surface area contributed by atoms with Gasteiger partial charge in [0.2, 0.25) is 11.9 Å². The Balaban J connectivity index is 1.57. The second-order valence-electron chi connectivity index (χ2n) is 7.92. The molecule has 2 aliphatic heterocycles. The molecular weight excluding hydrogens is 462 g/mol. The van der Waals surface area contributed by atoms with Crippen LogP contribution < -0.4 is 10.2 Å². The Morgan fingerprint density at radius 2 is 1.74 bits per heavy atom. The highest BCUT2D eigenvalue weighted by atomic mass is 35.5. The minimum Gasteiger partial charge on any atom is -0.465 e. The van der Waals surface area contributed by atoms with Gasteiger partial charge in [-0.15, -0.1) is 0 Å². The molecule has 11 heteroatoms. The number of nitrogens with zero attached hydrogens (tertiary/aromatic N) is 4. The van der Waals surface area contributed by atoms with Gasteiger partial charge < -0.3 is 14.5 Å². The van der Waals surface area contributed by atoms with Crippen molar-refractivity contribution in [3.05, 3.63) is 69.2 Å². The average molecular weight is 486 g/mol. The normalized spacial score (nSPS) is 20.4. The number of anilines is 1. The summed E-state index contributed by atoms with van der Waals surface area (Å²) < 4.78 is 5.11. The van der Waals surface area contributed by atoms with Gasteiger partial charge in [-0.2, -0.15) is 0 Å². The molecule has 4 rings (SSSR count). The van der Waals surface area contributed by atoms with E-state index in [1.54, 1.807) is 6.92 Å². The van der Waals surface area contributed by atoms with Crippen molar-refractivity contribution in [1.29, 1.82) is 0 Å². The minimum absolute atomic E-state index is 0.0841. The molecule has 0 aliphatic carbocycles. The van der Waals surface area contributed by atoms with Crippen LogP contribution in [0.1, 0.15) is 18.5 Å². The number of aliphatic imine (C=N–C) groups is 1. The van der Waals surface area contributed by atoms with Crippen LogP contribution in [-0.4, -0.2) is 60.4 Å². The molecule has 0 aromatic heterocycles. The van der Waals surface area contributed by atoms with Gasteiger partial charge in [0.15, 0.2) is 5.92 Å². The van der Waals surface area contributed by atoms with Crippen molar-refractivity contribution in [2.75, 3.05) is 37.7 Å². The van der Waals surface area contributed by atoms with Gasteiger partial charge in [-0.05, 0) is 36.8 Å². The molecule has 2 atom stereocenters. The van der Waals surface area contributed by atoms with E-state index in [0.717, 1.165) is 5.69 Å². The van der Waals surface area contributed by atoms with Crippen LogP contribution in [-0.2, 0) is 14.3 Å². The molecule has 1 fully saturated rings. The Morgan fingerprint density at radius 1 is 1.12 bits per heavy atom. The predicted molar refractivity (Wildman–Crippen MR) is 127 cm³/mol. The molecule has 1 saturated heterocycles. The first-order valence-corrected chi connectivity index (χ1v) is 11.3. The molecule has 2 aliphatic rings. The number of non-ortho nitro benzene ring substituents is 1. The summed E-state index contributed by atoms with van der Waals surface area (Å²) >= 11 is 5.98. The van der Waals surface area contributed by atoms with Gasteiger partial charge >= 0.3 is 5.97 Å². The number of hydrogen-bond acceptors (Lipinski definition) is 8. The number of carbonyl (C=O) groups is 2. The molecule has 1 N–H and O–H groups in total. The number of nitrogens with one attached hydrogen (secondary N) is 1. The van der Waals surface area contributed by atoms with Crippen LogP contribution in [0.15, 0.2) is 53.5 Å². The van der Waals surface area contributed by atoms with Gasteiger partial charge in [0.05, 0.1) is 11.5 Å². The zero-order valence-corrected chi connectivity index (χ0v) is 19.3. The van der Waals surface area contributed by atoms with Crippen LogP contribution >= 0.6 is 11.6 Å². The van der Waals surface area contributed by atoms with E-state index in [4.69, 9.17) is 21.3 Å². The fourth-order valence-electron chi connectivity index (χ4n) is 4.09. The summed E-state index contributed by atoms with van der Waals surface area (Å²) in [7, 11) is 0. The van der Waals surface area contributed by atoms with Crippen molar-refractivity contribution in [2.45, 2.75) is 13.0 Å². The quantitative estimate of drug-likeness (QED) is 0.299. The summed E-state index contributed by atoms with van der Waals surface area (Å²) in [5.74, 6) is -1.99. The largest absolute Gasteiger partial charge is 0.465 e. The monoisotopic (exact) mass is 485 g/mol. The number of halogens is 1. The van der Waals surface area contributed by atoms with Gasteiger partial charge in [0, 0.05) is 49.0 Å². The van der Waals surface area contributed by atoms with E-state index in [2.05, 4.69) is 10.2 Å². The fraction of sp³-hybridized carbons (Fsp3) is 0.348. The Labute approximate surface area is 201 Å². The number of nitro groups is 1. The number of nitro benzene ring substituents is 1. The maximum absolute atomic E-state index is 13.0. The van der Waals surface area contributed by atoms with Gasteiger partial charge in [-0.3, -0.25) is 25.0 Å². The molecular formula is C23H24ClN5O5. The number of carbonyl (C=O) groups excluding carboxylic acids is 2. The Hall–Kier alpha value is -3.66. The summed E-state index contributed by atoms with van der Waals surface area (Å²) in [5.41, 5.74) is 1.50. The lowest BCUT2D eigenvalue weighted by molar-refractivity contribution is -0.384. The first kappa shape index (κ1) is 23.5. The Bertz CT molecular complexity index is 1100. The third-order valence-corrected chi connectivity index (χ3v) is 6.10. The zero-order valence-electron chi connectivity index (χ0n) is 18.5. The summed E-state index contributed by atoms with van der Waals surface area (Å²) in [4.78, 5) is 45.0. The Kier molecular flexibility index (Phi) is 6.97. The van der Waals surface area contributed by atoms with Crippen LogP contribution in [0.3, 0.4) is 0 Å². The fourth-order valence-corrected chi connectivity index (χ4v) is 4.21. The van der Waals surface area contributed by atoms with E-state index in [1.165, 1.54) is 24.3 Å². The summed E-state index contributed by atoms with van der Waals surface area (Å²) in [6.45, 7) is 4.42. The number of hydrogen-bond donors (Lipinski definition) is 1. The molecule has 10 nitrogen and oxygen atoms in total. The third kappa shape index (κ3) is 4.96. The van der Waals surface area contributed by atoms with Gasteiger partial charge in [-0.25, -0.2) is 4.99 Å². The number of amides is 1. The van der Waals surface area contributed by atoms with Gasteiger partial charge in [0.25, 0.3) is 5.69 Å². The molecule has 0 radical (unpaired) electrons. The molecule has 2 aromatic carbocycles. The molecule has 178 valence electrons. The van der Waals surface area contributed by atoms with Crippen molar-refractivity contribution in [2.24, 2.45) is 10.9 Å². The van der Waals surface area contributed by atoms with Crippen LogP contribution in [0.5, 0.6) is 0 Å². The van der Waals surface area contributed by atoms with Crippen LogP contribution in [0, 0.1) is 16.0 Å². The second-order valence-corrected chi connectivity index (χ2v) is 8.35. The maximum atomic E-state index is 13.0.